The Kier molecular flexibility index (Phi) is 3.32. The molecule has 3 aromatic rings. The predicted octanol–water partition coefficient (Wildman–Crippen LogP) is 3.09. The van der Waals surface area contributed by atoms with E-state index in [0.717, 1.165) is 4.73 Å². The van der Waals surface area contributed by atoms with E-state index in [1.165, 1.54) is 0 Å². The quantitative estimate of drug-likeness (QED) is 0.640. The minimum absolute atomic E-state index is 0.0342. The van der Waals surface area contributed by atoms with Gasteiger partial charge in [-0.2, -0.15) is 4.73 Å². The van der Waals surface area contributed by atoms with Gasteiger partial charge in [0, 0.05) is 23.9 Å². The summed E-state index contributed by atoms with van der Waals surface area (Å²) in [5.41, 5.74) is 2.15. The van der Waals surface area contributed by atoms with Crippen LogP contribution in [-0.2, 0) is 6.42 Å². The van der Waals surface area contributed by atoms with E-state index < -0.39 is 0 Å². The third-order valence-corrected chi connectivity index (χ3v) is 5.45. The number of hydrogen-bond donors (Lipinski definition) is 1. The summed E-state index contributed by atoms with van der Waals surface area (Å²) >= 11 is 0. The van der Waals surface area contributed by atoms with Crippen LogP contribution in [0.1, 0.15) is 28.9 Å². The van der Waals surface area contributed by atoms with Crippen molar-refractivity contribution in [2.45, 2.75) is 19.3 Å². The lowest BCUT2D eigenvalue weighted by Gasteiger charge is -2.20. The monoisotopic (exact) mass is 392 g/mol. The Morgan fingerprint density at radius 2 is 1.62 bits per heavy atom. The lowest BCUT2D eigenvalue weighted by molar-refractivity contribution is 0.0959. The number of nitrogens with zero attached hydrogens (tertiary/aromatic N) is 2. The summed E-state index contributed by atoms with van der Waals surface area (Å²) < 4.78 is 22.9. The van der Waals surface area contributed by atoms with Crippen LogP contribution in [0.3, 0.4) is 0 Å². The molecule has 0 spiro atoms. The summed E-state index contributed by atoms with van der Waals surface area (Å²) in [6.07, 6.45) is 1.70. The minimum Gasteiger partial charge on any atom is -0.454 e. The molecule has 0 unspecified atom stereocenters. The fraction of sp³-hybridized carbons (Fsp3) is 0.238. The van der Waals surface area contributed by atoms with Gasteiger partial charge >= 0.3 is 0 Å². The molecule has 1 aromatic heterocycles. The second-order valence-electron chi connectivity index (χ2n) is 7.13. The molecule has 8 nitrogen and oxygen atoms in total. The first-order valence-corrected chi connectivity index (χ1v) is 9.37. The molecule has 0 saturated carbocycles. The van der Waals surface area contributed by atoms with Crippen LogP contribution in [0.5, 0.6) is 23.0 Å². The molecule has 8 heteroatoms. The average molecular weight is 392 g/mol. The molecule has 3 aliphatic rings. The number of ether oxygens (including phenoxy) is 4. The minimum atomic E-state index is -0.0342. The molecule has 0 amide bonds. The maximum absolute atomic E-state index is 12.8. The maximum atomic E-state index is 12.8. The maximum Gasteiger partial charge on any atom is 0.231 e. The molecule has 146 valence electrons. The van der Waals surface area contributed by atoms with Crippen molar-refractivity contribution >= 4 is 22.4 Å². The lowest BCUT2D eigenvalue weighted by Crippen LogP contribution is -2.27. The smallest absolute Gasteiger partial charge is 0.231 e. The third-order valence-electron chi connectivity index (χ3n) is 5.45. The molecule has 2 aliphatic heterocycles. The average Bonchev–Trinajstić information content (AvgIpc) is 3.38. The molecule has 0 radical (unpaired) electrons. The van der Waals surface area contributed by atoms with E-state index in [-0.39, 0.29) is 19.4 Å². The van der Waals surface area contributed by atoms with Gasteiger partial charge in [0.15, 0.2) is 28.8 Å². The molecular formula is C21H16N2O6. The Hall–Kier alpha value is -3.68. The van der Waals surface area contributed by atoms with Crippen LogP contribution in [0.2, 0.25) is 0 Å². The molecule has 0 saturated heterocycles. The van der Waals surface area contributed by atoms with Crippen molar-refractivity contribution in [1.82, 2.24) is 4.73 Å². The predicted molar refractivity (Wildman–Crippen MR) is 100 cm³/mol. The first-order chi connectivity index (χ1) is 14.2. The number of hydrogen-bond acceptors (Lipinski definition) is 7. The van der Waals surface area contributed by atoms with E-state index in [0.29, 0.717) is 75.5 Å². The largest absolute Gasteiger partial charge is 0.454 e. The highest BCUT2D eigenvalue weighted by molar-refractivity contribution is 6.01. The molecule has 0 bridgehead atoms. The fourth-order valence-corrected chi connectivity index (χ4v) is 4.08. The molecule has 29 heavy (non-hydrogen) atoms. The van der Waals surface area contributed by atoms with E-state index in [4.69, 9.17) is 23.9 Å². The number of pyridine rings is 1. The van der Waals surface area contributed by atoms with Gasteiger partial charge < -0.3 is 24.2 Å². The van der Waals surface area contributed by atoms with E-state index >= 15 is 0 Å². The second-order valence-corrected chi connectivity index (χ2v) is 7.13. The Labute approximate surface area is 164 Å². The number of Topliss-reactive ketones (excluding diaryl/α,β-unsaturated/α-hetero) is 1. The number of benzene rings is 2. The zero-order valence-electron chi connectivity index (χ0n) is 15.3. The van der Waals surface area contributed by atoms with Crippen molar-refractivity contribution in [2.75, 3.05) is 13.6 Å². The first kappa shape index (κ1) is 16.3. The van der Waals surface area contributed by atoms with Gasteiger partial charge in [-0.05, 0) is 31.0 Å². The van der Waals surface area contributed by atoms with Gasteiger partial charge in [-0.3, -0.25) is 4.79 Å². The SMILES string of the molecule is O=C1CCCc2c1c(=Nc1ccc3c(c1)OCO3)c1cc3c(cc1n2O)OCO3. The summed E-state index contributed by atoms with van der Waals surface area (Å²) in [7, 11) is 0. The highest BCUT2D eigenvalue weighted by Gasteiger charge is 2.27. The van der Waals surface area contributed by atoms with Gasteiger partial charge in [-0.15, -0.1) is 0 Å². The van der Waals surface area contributed by atoms with Crippen molar-refractivity contribution in [3.63, 3.8) is 0 Å². The van der Waals surface area contributed by atoms with Gasteiger partial charge in [0.05, 0.1) is 27.8 Å². The molecule has 0 fully saturated rings. The van der Waals surface area contributed by atoms with Crippen LogP contribution in [0, 0.1) is 0 Å². The molecule has 3 heterocycles. The van der Waals surface area contributed by atoms with E-state index in [9.17, 15) is 10.0 Å². The molecule has 0 atom stereocenters. The number of ketones is 1. The Balaban J connectivity index is 1.70. The van der Waals surface area contributed by atoms with Crippen molar-refractivity contribution < 1.29 is 28.9 Å². The van der Waals surface area contributed by atoms with Gasteiger partial charge in [-0.25, -0.2) is 4.99 Å². The first-order valence-electron chi connectivity index (χ1n) is 9.37. The Bertz CT molecular complexity index is 1280. The summed E-state index contributed by atoms with van der Waals surface area (Å²) in [5.74, 6) is 2.35. The van der Waals surface area contributed by atoms with Crippen molar-refractivity contribution in [1.29, 1.82) is 0 Å². The van der Waals surface area contributed by atoms with Gasteiger partial charge in [0.25, 0.3) is 0 Å². The summed E-state index contributed by atoms with van der Waals surface area (Å²) in [6, 6.07) is 8.86. The van der Waals surface area contributed by atoms with E-state index in [1.807, 2.05) is 6.07 Å². The second kappa shape index (κ2) is 5.91. The number of rotatable bonds is 1. The van der Waals surface area contributed by atoms with Crippen LogP contribution in [0.25, 0.3) is 10.9 Å². The highest BCUT2D eigenvalue weighted by Crippen LogP contribution is 2.37. The van der Waals surface area contributed by atoms with Gasteiger partial charge in [0.1, 0.15) is 0 Å². The van der Waals surface area contributed by atoms with Crippen LogP contribution in [0.4, 0.5) is 5.69 Å². The van der Waals surface area contributed by atoms with Crippen LogP contribution in [-0.4, -0.2) is 29.3 Å². The Morgan fingerprint density at radius 3 is 2.45 bits per heavy atom. The lowest BCUT2D eigenvalue weighted by atomic mass is 9.92. The standard InChI is InChI=1S/C21H16N2O6/c24-15-3-1-2-13-20(15)21(22-11-4-5-16-17(6-11)27-9-26-16)12-7-18-19(29-10-28-18)8-14(12)23(13)25/h4-8,25H,1-3,9-10H2. The number of aromatic nitrogens is 1. The van der Waals surface area contributed by atoms with Crippen molar-refractivity contribution in [2.24, 2.45) is 4.99 Å². The summed E-state index contributed by atoms with van der Waals surface area (Å²) in [5, 5.41) is 12.0. The number of carbonyl (C=O) groups excluding carboxylic acids is 1. The van der Waals surface area contributed by atoms with Crippen LogP contribution in [0.15, 0.2) is 35.3 Å². The van der Waals surface area contributed by atoms with E-state index in [2.05, 4.69) is 0 Å². The van der Waals surface area contributed by atoms with E-state index in [1.54, 1.807) is 24.3 Å². The van der Waals surface area contributed by atoms with Crippen molar-refractivity contribution in [3.05, 3.63) is 46.9 Å². The number of fused-ring (bicyclic) bond motifs is 4. The topological polar surface area (TPSA) is 91.5 Å². The zero-order valence-corrected chi connectivity index (χ0v) is 15.3. The summed E-state index contributed by atoms with van der Waals surface area (Å²) in [6.45, 7) is 0.291. The molecular weight excluding hydrogens is 376 g/mol. The third kappa shape index (κ3) is 2.38. The molecule has 1 N–H and O–H groups in total. The molecule has 6 rings (SSSR count). The fourth-order valence-electron chi connectivity index (χ4n) is 4.08. The van der Waals surface area contributed by atoms with Crippen LogP contribution >= 0.6 is 0 Å². The zero-order chi connectivity index (χ0) is 19.5. The Morgan fingerprint density at radius 1 is 0.897 bits per heavy atom. The molecule has 1 aliphatic carbocycles. The van der Waals surface area contributed by atoms with Crippen LogP contribution < -0.4 is 24.3 Å². The van der Waals surface area contributed by atoms with Crippen molar-refractivity contribution in [3.8, 4) is 23.0 Å². The normalized spacial score (nSPS) is 17.1. The summed E-state index contributed by atoms with van der Waals surface area (Å²) in [4.78, 5) is 17.6. The number of carbonyl (C=O) groups is 1. The van der Waals surface area contributed by atoms with Gasteiger partial charge in [-0.1, -0.05) is 0 Å². The molecule has 2 aromatic carbocycles. The van der Waals surface area contributed by atoms with Gasteiger partial charge in [0.2, 0.25) is 13.6 Å². The highest BCUT2D eigenvalue weighted by atomic mass is 16.7.